The first-order valence-electron chi connectivity index (χ1n) is 9.73. The van der Waals surface area contributed by atoms with E-state index in [1.807, 2.05) is 18.2 Å². The molecule has 28 heavy (non-hydrogen) atoms. The van der Waals surface area contributed by atoms with Gasteiger partial charge in [-0.05, 0) is 49.9 Å². The van der Waals surface area contributed by atoms with Gasteiger partial charge in [-0.3, -0.25) is 5.10 Å². The van der Waals surface area contributed by atoms with Crippen LogP contribution in [-0.2, 0) is 16.6 Å². The third-order valence-electron chi connectivity index (χ3n) is 5.32. The zero-order valence-corrected chi connectivity index (χ0v) is 17.3. The van der Waals surface area contributed by atoms with Crippen molar-refractivity contribution in [3.05, 3.63) is 46.7 Å². The van der Waals surface area contributed by atoms with Gasteiger partial charge in [0.2, 0.25) is 0 Å². The molecular formula is C19H25ClN4O3S. The van der Waals surface area contributed by atoms with Crippen LogP contribution in [0.15, 0.2) is 30.3 Å². The van der Waals surface area contributed by atoms with Gasteiger partial charge in [0.15, 0.2) is 0 Å². The number of rotatable bonds is 7. The van der Waals surface area contributed by atoms with Crippen LogP contribution in [0.3, 0.4) is 0 Å². The maximum absolute atomic E-state index is 13.0. The summed E-state index contributed by atoms with van der Waals surface area (Å²) in [5, 5.41) is 8.07. The first-order chi connectivity index (χ1) is 13.5. The molecule has 4 rings (SSSR count). The smallest absolute Gasteiger partial charge is 0.282 e. The quantitative estimate of drug-likeness (QED) is 0.740. The zero-order valence-electron chi connectivity index (χ0n) is 15.7. The molecule has 152 valence electrons. The van der Waals surface area contributed by atoms with Crippen LogP contribution in [0.2, 0.25) is 5.02 Å². The highest BCUT2D eigenvalue weighted by Gasteiger charge is 2.40. The number of aromatic nitrogens is 2. The zero-order chi connectivity index (χ0) is 19.6. The molecule has 7 nitrogen and oxygen atoms in total. The molecule has 0 saturated carbocycles. The van der Waals surface area contributed by atoms with Gasteiger partial charge < -0.3 is 4.74 Å². The van der Waals surface area contributed by atoms with Crippen LogP contribution >= 0.6 is 11.6 Å². The van der Waals surface area contributed by atoms with Crippen LogP contribution in [0.5, 0.6) is 5.75 Å². The molecule has 0 spiro atoms. The van der Waals surface area contributed by atoms with E-state index in [1.165, 1.54) is 0 Å². The molecule has 0 aliphatic carbocycles. The SMILES string of the molecule is O=S(=O)(N1CCCC1)N1CCC[C@@H]1c1cc(CCOc2cccc(Cl)c2)[nH]n1. The topological polar surface area (TPSA) is 78.5 Å². The summed E-state index contributed by atoms with van der Waals surface area (Å²) in [5.74, 6) is 0.728. The minimum Gasteiger partial charge on any atom is -0.493 e. The van der Waals surface area contributed by atoms with Gasteiger partial charge in [-0.2, -0.15) is 22.1 Å². The Bertz CT molecular complexity index is 911. The van der Waals surface area contributed by atoms with Gasteiger partial charge in [0.05, 0.1) is 18.3 Å². The maximum atomic E-state index is 13.0. The van der Waals surface area contributed by atoms with E-state index in [2.05, 4.69) is 10.2 Å². The number of nitrogens with zero attached hydrogens (tertiary/aromatic N) is 3. The van der Waals surface area contributed by atoms with Crippen molar-refractivity contribution in [2.24, 2.45) is 0 Å². The average molecular weight is 425 g/mol. The molecule has 0 amide bonds. The van der Waals surface area contributed by atoms with Crippen molar-refractivity contribution in [3.63, 3.8) is 0 Å². The Labute approximate surface area is 170 Å². The molecule has 0 unspecified atom stereocenters. The lowest BCUT2D eigenvalue weighted by Crippen LogP contribution is -2.42. The first-order valence-corrected chi connectivity index (χ1v) is 11.5. The Hall–Kier alpha value is -1.61. The second-order valence-electron chi connectivity index (χ2n) is 7.26. The molecule has 0 radical (unpaired) electrons. The number of aromatic amines is 1. The molecule has 1 atom stereocenters. The lowest BCUT2D eigenvalue weighted by molar-refractivity contribution is 0.320. The summed E-state index contributed by atoms with van der Waals surface area (Å²) in [7, 11) is -3.41. The molecule has 9 heteroatoms. The summed E-state index contributed by atoms with van der Waals surface area (Å²) in [6.07, 6.45) is 4.20. The predicted molar refractivity (Wildman–Crippen MR) is 108 cm³/mol. The lowest BCUT2D eigenvalue weighted by Gasteiger charge is -2.27. The van der Waals surface area contributed by atoms with Crippen LogP contribution in [-0.4, -0.2) is 53.5 Å². The van der Waals surface area contributed by atoms with E-state index in [0.717, 1.165) is 42.8 Å². The number of hydrogen-bond donors (Lipinski definition) is 1. The molecule has 3 heterocycles. The minimum atomic E-state index is -3.41. The van der Waals surface area contributed by atoms with Crippen LogP contribution in [0.1, 0.15) is 43.1 Å². The van der Waals surface area contributed by atoms with E-state index in [0.29, 0.717) is 37.7 Å². The van der Waals surface area contributed by atoms with Crippen LogP contribution in [0.25, 0.3) is 0 Å². The number of hydrogen-bond acceptors (Lipinski definition) is 4. The number of nitrogens with one attached hydrogen (secondary N) is 1. The Morgan fingerprint density at radius 2 is 2.00 bits per heavy atom. The highest BCUT2D eigenvalue weighted by molar-refractivity contribution is 7.86. The standard InChI is InChI=1S/C19H25ClN4O3S/c20-15-5-3-6-17(13-15)27-12-8-16-14-18(22-21-16)19-7-4-11-24(19)28(25,26)23-9-1-2-10-23/h3,5-6,13-14,19H,1-2,4,7-12H2,(H,21,22)/t19-/m1/s1. The minimum absolute atomic E-state index is 0.190. The van der Waals surface area contributed by atoms with E-state index in [4.69, 9.17) is 16.3 Å². The summed E-state index contributed by atoms with van der Waals surface area (Å²) in [4.78, 5) is 0. The molecule has 1 aromatic heterocycles. The molecule has 2 aliphatic heterocycles. The molecule has 1 aromatic carbocycles. The normalized spacial score (nSPS) is 21.4. The Kier molecular flexibility index (Phi) is 5.91. The van der Waals surface area contributed by atoms with Crippen molar-refractivity contribution in [2.45, 2.75) is 38.1 Å². The van der Waals surface area contributed by atoms with Crippen LogP contribution < -0.4 is 4.74 Å². The largest absolute Gasteiger partial charge is 0.493 e. The van der Waals surface area contributed by atoms with E-state index in [9.17, 15) is 8.42 Å². The Morgan fingerprint density at radius 1 is 1.18 bits per heavy atom. The van der Waals surface area contributed by atoms with Crippen molar-refractivity contribution in [1.82, 2.24) is 18.8 Å². The monoisotopic (exact) mass is 424 g/mol. The number of ether oxygens (including phenoxy) is 1. The van der Waals surface area contributed by atoms with Crippen LogP contribution in [0.4, 0.5) is 0 Å². The van der Waals surface area contributed by atoms with Gasteiger partial charge in [0.25, 0.3) is 10.2 Å². The molecule has 2 saturated heterocycles. The fraction of sp³-hybridized carbons (Fsp3) is 0.526. The van der Waals surface area contributed by atoms with Gasteiger partial charge in [-0.25, -0.2) is 0 Å². The molecule has 1 N–H and O–H groups in total. The van der Waals surface area contributed by atoms with Crippen molar-refractivity contribution in [3.8, 4) is 5.75 Å². The van der Waals surface area contributed by atoms with Gasteiger partial charge >= 0.3 is 0 Å². The third-order valence-corrected chi connectivity index (χ3v) is 7.60. The summed E-state index contributed by atoms with van der Waals surface area (Å²) < 4.78 is 34.9. The molecule has 0 bridgehead atoms. The molecular weight excluding hydrogens is 400 g/mol. The fourth-order valence-corrected chi connectivity index (χ4v) is 5.98. The summed E-state index contributed by atoms with van der Waals surface area (Å²) in [6.45, 7) is 2.29. The molecule has 2 aromatic rings. The van der Waals surface area contributed by atoms with E-state index < -0.39 is 10.2 Å². The van der Waals surface area contributed by atoms with Gasteiger partial charge in [-0.1, -0.05) is 17.7 Å². The lowest BCUT2D eigenvalue weighted by atomic mass is 10.1. The van der Waals surface area contributed by atoms with Gasteiger partial charge in [0, 0.05) is 36.8 Å². The Morgan fingerprint density at radius 3 is 2.79 bits per heavy atom. The van der Waals surface area contributed by atoms with Crippen molar-refractivity contribution < 1.29 is 13.2 Å². The van der Waals surface area contributed by atoms with Crippen LogP contribution in [0, 0.1) is 0 Å². The number of halogens is 1. The van der Waals surface area contributed by atoms with Gasteiger partial charge in [0.1, 0.15) is 5.75 Å². The van der Waals surface area contributed by atoms with E-state index >= 15 is 0 Å². The third kappa shape index (κ3) is 4.20. The van der Waals surface area contributed by atoms with E-state index in [-0.39, 0.29) is 6.04 Å². The van der Waals surface area contributed by atoms with Crippen molar-refractivity contribution >= 4 is 21.8 Å². The van der Waals surface area contributed by atoms with E-state index in [1.54, 1.807) is 20.7 Å². The van der Waals surface area contributed by atoms with Gasteiger partial charge in [-0.15, -0.1) is 0 Å². The highest BCUT2D eigenvalue weighted by atomic mass is 35.5. The fourth-order valence-electron chi connectivity index (χ4n) is 3.89. The highest BCUT2D eigenvalue weighted by Crippen LogP contribution is 2.35. The summed E-state index contributed by atoms with van der Waals surface area (Å²) in [6, 6.07) is 9.07. The summed E-state index contributed by atoms with van der Waals surface area (Å²) in [5.41, 5.74) is 1.72. The van der Waals surface area contributed by atoms with Crippen molar-refractivity contribution in [1.29, 1.82) is 0 Å². The maximum Gasteiger partial charge on any atom is 0.282 e. The summed E-state index contributed by atoms with van der Waals surface area (Å²) >= 11 is 5.96. The Balaban J connectivity index is 1.39. The average Bonchev–Trinajstić information content (AvgIpc) is 3.42. The molecule has 2 aliphatic rings. The molecule has 2 fully saturated rings. The predicted octanol–water partition coefficient (Wildman–Crippen LogP) is 3.16. The second-order valence-corrected chi connectivity index (χ2v) is 9.57. The first kappa shape index (κ1) is 19.7. The number of H-pyrrole nitrogens is 1. The second kappa shape index (κ2) is 8.41. The van der Waals surface area contributed by atoms with Crippen molar-refractivity contribution in [2.75, 3.05) is 26.2 Å². The number of benzene rings is 1.